The van der Waals surface area contributed by atoms with Crippen LogP contribution in [-0.2, 0) is 21.1 Å². The minimum atomic E-state index is -0.244. The molecule has 0 bridgehead atoms. The molecule has 25 heavy (non-hydrogen) atoms. The Morgan fingerprint density at radius 2 is 0.960 bits per heavy atom. The van der Waals surface area contributed by atoms with E-state index < -0.39 is 0 Å². The summed E-state index contributed by atoms with van der Waals surface area (Å²) in [7, 11) is 2.95. The summed E-state index contributed by atoms with van der Waals surface area (Å²) in [6.07, 6.45) is 0. The van der Waals surface area contributed by atoms with E-state index in [0.29, 0.717) is 22.3 Å². The molecule has 0 saturated carbocycles. The Hall–Kier alpha value is -2.59. The van der Waals surface area contributed by atoms with Crippen LogP contribution in [0.2, 0.25) is 0 Å². The van der Waals surface area contributed by atoms with E-state index in [1.54, 1.807) is 36.4 Å². The van der Waals surface area contributed by atoms with Crippen LogP contribution in [-0.4, -0.2) is 47.5 Å². The summed E-state index contributed by atoms with van der Waals surface area (Å²) in [6.45, 7) is 0. The molecule has 7 heteroatoms. The molecule has 4 amide bonds. The molecule has 2 aliphatic heterocycles. The Kier molecular flexibility index (Phi) is 5.33. The van der Waals surface area contributed by atoms with Crippen LogP contribution < -0.4 is 0 Å². The molecule has 2 aromatic rings. The van der Waals surface area contributed by atoms with Crippen molar-refractivity contribution in [2.45, 2.75) is 0 Å². The zero-order valence-electron chi connectivity index (χ0n) is 13.4. The number of carbonyl (C=O) groups excluding carboxylic acids is 4. The van der Waals surface area contributed by atoms with Crippen molar-refractivity contribution in [3.05, 3.63) is 70.8 Å². The molecule has 0 fully saturated rings. The van der Waals surface area contributed by atoms with E-state index in [2.05, 4.69) is 12.1 Å². The molecule has 0 radical (unpaired) electrons. The molecule has 0 saturated heterocycles. The summed E-state index contributed by atoms with van der Waals surface area (Å²) >= 11 is 0. The Morgan fingerprint density at radius 1 is 0.640 bits per heavy atom. The maximum absolute atomic E-state index is 11.3. The van der Waals surface area contributed by atoms with Gasteiger partial charge in [-0.1, -0.05) is 22.3 Å². The summed E-state index contributed by atoms with van der Waals surface area (Å²) in [6, 6.07) is 15.1. The Balaban J connectivity index is 0.000000173. The molecule has 2 heterocycles. The van der Waals surface area contributed by atoms with Crippen LogP contribution in [0.5, 0.6) is 0 Å². The topological polar surface area (TPSA) is 74.8 Å². The monoisotopic (exact) mass is 504 g/mol. The molecule has 0 spiro atoms. The fourth-order valence-electron chi connectivity index (χ4n) is 2.49. The maximum atomic E-state index is 11.3. The summed E-state index contributed by atoms with van der Waals surface area (Å²) in [5.74, 6) is -0.952. The van der Waals surface area contributed by atoms with Gasteiger partial charge in [-0.25, -0.2) is 0 Å². The number of imide groups is 2. The van der Waals surface area contributed by atoms with Crippen molar-refractivity contribution in [3.63, 3.8) is 0 Å². The van der Waals surface area contributed by atoms with Crippen molar-refractivity contribution in [2.75, 3.05) is 14.1 Å². The molecule has 0 aromatic heterocycles. The van der Waals surface area contributed by atoms with Crippen LogP contribution in [0.25, 0.3) is 0 Å². The van der Waals surface area contributed by atoms with Gasteiger partial charge < -0.3 is 0 Å². The number of rotatable bonds is 0. The van der Waals surface area contributed by atoms with Gasteiger partial charge in [-0.2, -0.15) is 48.5 Å². The Bertz CT molecular complexity index is 751. The molecular formula is C18H12N2O4W. The number of hydrogen-bond donors (Lipinski definition) is 0. The van der Waals surface area contributed by atoms with E-state index in [4.69, 9.17) is 0 Å². The van der Waals surface area contributed by atoms with Gasteiger partial charge in [0.05, 0.1) is 0 Å². The predicted octanol–water partition coefficient (Wildman–Crippen LogP) is 1.42. The number of fused-ring (bicyclic) bond motifs is 2. The molecule has 2 aromatic carbocycles. The van der Waals surface area contributed by atoms with Crippen LogP contribution in [0, 0.1) is 12.1 Å². The third kappa shape index (κ3) is 3.05. The normalized spacial score (nSPS) is 14.6. The summed E-state index contributed by atoms with van der Waals surface area (Å²) in [5.41, 5.74) is 1.84. The van der Waals surface area contributed by atoms with Gasteiger partial charge >= 0.3 is 21.1 Å². The van der Waals surface area contributed by atoms with E-state index in [-0.39, 0.29) is 44.7 Å². The predicted molar refractivity (Wildman–Crippen MR) is 83.4 cm³/mol. The maximum Gasteiger partial charge on any atom is 2.00 e. The third-order valence-corrected chi connectivity index (χ3v) is 3.87. The van der Waals surface area contributed by atoms with Crippen molar-refractivity contribution in [1.82, 2.24) is 9.80 Å². The van der Waals surface area contributed by atoms with E-state index >= 15 is 0 Å². The van der Waals surface area contributed by atoms with E-state index in [0.717, 1.165) is 9.80 Å². The first-order valence-corrected chi connectivity index (χ1v) is 7.08. The summed E-state index contributed by atoms with van der Waals surface area (Å²) in [5, 5.41) is 0. The standard InChI is InChI=1S/2C9H6NO2.W/c2*1-10-8(11)6-4-2-3-5-7(6)9(10)12;/h2*2,4-5H,1H3;/q2*-1;+2. The number of nitrogens with zero attached hydrogens (tertiary/aromatic N) is 2. The van der Waals surface area contributed by atoms with Gasteiger partial charge in [-0.3, -0.25) is 29.0 Å². The van der Waals surface area contributed by atoms with Gasteiger partial charge in [0.15, 0.2) is 0 Å². The first kappa shape index (κ1) is 18.7. The molecule has 0 atom stereocenters. The van der Waals surface area contributed by atoms with Gasteiger partial charge in [-0.05, 0) is 0 Å². The van der Waals surface area contributed by atoms with Crippen molar-refractivity contribution in [1.29, 1.82) is 0 Å². The second-order valence-corrected chi connectivity index (χ2v) is 5.28. The average molecular weight is 504 g/mol. The van der Waals surface area contributed by atoms with Crippen molar-refractivity contribution in [2.24, 2.45) is 0 Å². The largest absolute Gasteiger partial charge is 2.00 e. The molecule has 0 unspecified atom stereocenters. The summed E-state index contributed by atoms with van der Waals surface area (Å²) in [4.78, 5) is 47.4. The van der Waals surface area contributed by atoms with Crippen molar-refractivity contribution >= 4 is 23.6 Å². The quantitative estimate of drug-likeness (QED) is 0.402. The molecule has 4 rings (SSSR count). The molecule has 6 nitrogen and oxygen atoms in total. The number of carbonyl (C=O) groups is 4. The second kappa shape index (κ2) is 7.11. The molecule has 2 aliphatic rings. The second-order valence-electron chi connectivity index (χ2n) is 5.28. The van der Waals surface area contributed by atoms with Crippen LogP contribution in [0.3, 0.4) is 0 Å². The molecule has 124 valence electrons. The zero-order valence-corrected chi connectivity index (χ0v) is 16.3. The number of amides is 4. The first-order chi connectivity index (χ1) is 11.4. The minimum absolute atomic E-state index is 0. The average Bonchev–Trinajstić information content (AvgIpc) is 2.98. The SMILES string of the molecule is CN1C(=O)c2c[c-]ccc2C1=O.CN1C(=O)c2c[c-]ccc2C1=O.[W+2]. The van der Waals surface area contributed by atoms with E-state index in [1.165, 1.54) is 14.1 Å². The number of benzene rings is 2. The Morgan fingerprint density at radius 3 is 1.28 bits per heavy atom. The first-order valence-electron chi connectivity index (χ1n) is 7.08. The minimum Gasteiger partial charge on any atom is -0.290 e. The molecular weight excluding hydrogens is 492 g/mol. The fourth-order valence-corrected chi connectivity index (χ4v) is 2.49. The van der Waals surface area contributed by atoms with Crippen LogP contribution in [0.15, 0.2) is 36.4 Å². The van der Waals surface area contributed by atoms with Crippen molar-refractivity contribution < 1.29 is 40.2 Å². The van der Waals surface area contributed by atoms with Gasteiger partial charge in [0.2, 0.25) is 23.6 Å². The Labute approximate surface area is 158 Å². The van der Waals surface area contributed by atoms with Gasteiger partial charge in [0.1, 0.15) is 0 Å². The van der Waals surface area contributed by atoms with Crippen LogP contribution in [0.1, 0.15) is 41.4 Å². The molecule has 0 aliphatic carbocycles. The van der Waals surface area contributed by atoms with E-state index in [9.17, 15) is 19.2 Å². The fraction of sp³-hybridized carbons (Fsp3) is 0.111. The third-order valence-electron chi connectivity index (χ3n) is 3.87. The van der Waals surface area contributed by atoms with Crippen molar-refractivity contribution in [3.8, 4) is 0 Å². The molecule has 0 N–H and O–H groups in total. The van der Waals surface area contributed by atoms with Gasteiger partial charge in [-0.15, -0.1) is 0 Å². The zero-order chi connectivity index (χ0) is 17.4. The van der Waals surface area contributed by atoms with Crippen LogP contribution >= 0.6 is 0 Å². The van der Waals surface area contributed by atoms with E-state index in [1.807, 2.05) is 0 Å². The smallest absolute Gasteiger partial charge is 0.290 e. The summed E-state index contributed by atoms with van der Waals surface area (Å²) < 4.78 is 0. The van der Waals surface area contributed by atoms with Gasteiger partial charge in [0.25, 0.3) is 0 Å². The number of hydrogen-bond acceptors (Lipinski definition) is 4. The van der Waals surface area contributed by atoms with Gasteiger partial charge in [0, 0.05) is 14.1 Å². The van der Waals surface area contributed by atoms with Crippen LogP contribution in [0.4, 0.5) is 0 Å².